The van der Waals surface area contributed by atoms with Crippen LogP contribution in [0.3, 0.4) is 0 Å². The second kappa shape index (κ2) is 9.76. The summed E-state index contributed by atoms with van der Waals surface area (Å²) in [5.41, 5.74) is -1.21. The molecule has 0 spiro atoms. The molecule has 0 aliphatic carbocycles. The van der Waals surface area contributed by atoms with Crippen molar-refractivity contribution in [3.05, 3.63) is 78.0 Å². The summed E-state index contributed by atoms with van der Waals surface area (Å²) in [6.07, 6.45) is -1.20. The molecule has 4 rings (SSSR count). The summed E-state index contributed by atoms with van der Waals surface area (Å²) >= 11 is 1.94. The van der Waals surface area contributed by atoms with Crippen molar-refractivity contribution in [2.75, 3.05) is 13.2 Å². The number of aromatic carboxylic acids is 2. The third-order valence-electron chi connectivity index (χ3n) is 4.76. The minimum Gasteiger partial charge on any atom is -0.490 e. The van der Waals surface area contributed by atoms with Gasteiger partial charge in [-0.1, -0.05) is 6.07 Å². The Morgan fingerprint density at radius 3 is 1.97 bits per heavy atom. The molecule has 2 heterocycles. The summed E-state index contributed by atoms with van der Waals surface area (Å²) in [4.78, 5) is 47.1. The van der Waals surface area contributed by atoms with E-state index in [0.29, 0.717) is 3.57 Å². The normalized spacial score (nSPS) is 11.9. The zero-order valence-electron chi connectivity index (χ0n) is 17.5. The second-order valence-corrected chi connectivity index (χ2v) is 8.49. The molecule has 2 aromatic carbocycles. The van der Waals surface area contributed by atoms with Gasteiger partial charge in [0, 0.05) is 15.7 Å². The van der Waals surface area contributed by atoms with Crippen molar-refractivity contribution in [2.24, 2.45) is 0 Å². The van der Waals surface area contributed by atoms with Gasteiger partial charge in [-0.05, 0) is 46.9 Å². The molecule has 1 unspecified atom stereocenters. The SMILES string of the molecule is O=C(O)c1cc(=O)c2c(OCC(O)COc3cc(I)cc4oc(C(=O)O)cc(=O)c34)cccc2o1. The van der Waals surface area contributed by atoms with E-state index in [4.69, 9.17) is 28.5 Å². The van der Waals surface area contributed by atoms with Crippen LogP contribution in [0, 0.1) is 3.57 Å². The molecule has 4 aromatic rings. The summed E-state index contributed by atoms with van der Waals surface area (Å²) in [5, 5.41) is 28.5. The highest BCUT2D eigenvalue weighted by Crippen LogP contribution is 2.27. The van der Waals surface area contributed by atoms with Gasteiger partial charge in [0.05, 0.1) is 0 Å². The third-order valence-corrected chi connectivity index (χ3v) is 5.38. The monoisotopic (exact) mass is 594 g/mol. The molecule has 0 fully saturated rings. The Morgan fingerprint density at radius 1 is 0.829 bits per heavy atom. The number of halogens is 1. The Hall–Kier alpha value is -3.91. The van der Waals surface area contributed by atoms with Crippen molar-refractivity contribution in [3.63, 3.8) is 0 Å². The van der Waals surface area contributed by atoms with Gasteiger partial charge in [0.2, 0.25) is 11.5 Å². The first-order valence-corrected chi connectivity index (χ1v) is 11.0. The van der Waals surface area contributed by atoms with Gasteiger partial charge in [-0.3, -0.25) is 9.59 Å². The third kappa shape index (κ3) is 5.12. The molecule has 3 N–H and O–H groups in total. The van der Waals surface area contributed by atoms with Crippen LogP contribution in [-0.2, 0) is 0 Å². The van der Waals surface area contributed by atoms with Crippen molar-refractivity contribution in [1.82, 2.24) is 0 Å². The first-order chi connectivity index (χ1) is 16.6. The maximum atomic E-state index is 12.4. The minimum absolute atomic E-state index is 0.0101. The molecular weight excluding hydrogens is 579 g/mol. The first kappa shape index (κ1) is 24.2. The Morgan fingerprint density at radius 2 is 1.37 bits per heavy atom. The zero-order valence-corrected chi connectivity index (χ0v) is 19.7. The summed E-state index contributed by atoms with van der Waals surface area (Å²) in [6, 6.07) is 9.07. The lowest BCUT2D eigenvalue weighted by Gasteiger charge is -2.15. The molecular formula is C23H15IO11. The van der Waals surface area contributed by atoms with Gasteiger partial charge in [0.25, 0.3) is 0 Å². The van der Waals surface area contributed by atoms with E-state index in [1.54, 1.807) is 0 Å². The molecule has 0 radical (unpaired) electrons. The molecule has 0 aliphatic heterocycles. The van der Waals surface area contributed by atoms with Crippen LogP contribution in [0.15, 0.2) is 60.9 Å². The number of ether oxygens (including phenoxy) is 2. The molecule has 2 aromatic heterocycles. The zero-order chi connectivity index (χ0) is 25.3. The number of aliphatic hydroxyl groups is 1. The average molecular weight is 594 g/mol. The molecule has 0 saturated carbocycles. The largest absolute Gasteiger partial charge is 0.490 e. The number of fused-ring (bicyclic) bond motifs is 2. The van der Waals surface area contributed by atoms with Crippen LogP contribution in [0.25, 0.3) is 21.9 Å². The summed E-state index contributed by atoms with van der Waals surface area (Å²) < 4.78 is 22.2. The van der Waals surface area contributed by atoms with E-state index in [1.807, 2.05) is 22.6 Å². The molecule has 0 aliphatic rings. The van der Waals surface area contributed by atoms with Crippen molar-refractivity contribution < 1.29 is 43.2 Å². The lowest BCUT2D eigenvalue weighted by atomic mass is 10.2. The number of carboxylic acid groups (broad SMARTS) is 2. The van der Waals surface area contributed by atoms with E-state index in [0.717, 1.165) is 12.1 Å². The van der Waals surface area contributed by atoms with E-state index >= 15 is 0 Å². The van der Waals surface area contributed by atoms with E-state index in [-0.39, 0.29) is 46.7 Å². The lowest BCUT2D eigenvalue weighted by molar-refractivity contribution is 0.0636. The van der Waals surface area contributed by atoms with Crippen LogP contribution >= 0.6 is 22.6 Å². The number of hydrogen-bond acceptors (Lipinski definition) is 9. The molecule has 0 bridgehead atoms. The van der Waals surface area contributed by atoms with Crippen LogP contribution < -0.4 is 20.3 Å². The Balaban J connectivity index is 1.52. The summed E-state index contributed by atoms with van der Waals surface area (Å²) in [7, 11) is 0. The molecule has 180 valence electrons. The number of carboxylic acids is 2. The van der Waals surface area contributed by atoms with Crippen molar-refractivity contribution in [3.8, 4) is 11.5 Å². The molecule has 11 nitrogen and oxygen atoms in total. The van der Waals surface area contributed by atoms with Gasteiger partial charge >= 0.3 is 11.9 Å². The summed E-state index contributed by atoms with van der Waals surface area (Å²) in [5.74, 6) is -3.65. The van der Waals surface area contributed by atoms with Gasteiger partial charge in [-0.15, -0.1) is 0 Å². The number of hydrogen-bond donors (Lipinski definition) is 3. The van der Waals surface area contributed by atoms with E-state index in [2.05, 4.69) is 0 Å². The molecule has 12 heteroatoms. The minimum atomic E-state index is -1.39. The van der Waals surface area contributed by atoms with E-state index < -0.39 is 40.4 Å². The fourth-order valence-electron chi connectivity index (χ4n) is 3.26. The van der Waals surface area contributed by atoms with Crippen molar-refractivity contribution >= 4 is 56.5 Å². The van der Waals surface area contributed by atoms with Crippen LogP contribution in [0.4, 0.5) is 0 Å². The van der Waals surface area contributed by atoms with E-state index in [1.165, 1.54) is 30.3 Å². The van der Waals surface area contributed by atoms with Gasteiger partial charge in [0.1, 0.15) is 52.8 Å². The second-order valence-electron chi connectivity index (χ2n) is 7.24. The topological polar surface area (TPSA) is 174 Å². The summed E-state index contributed by atoms with van der Waals surface area (Å²) in [6.45, 7) is -0.614. The number of carbonyl (C=O) groups is 2. The number of rotatable bonds is 8. The molecule has 0 saturated heterocycles. The highest BCUT2D eigenvalue weighted by Gasteiger charge is 2.18. The maximum Gasteiger partial charge on any atom is 0.371 e. The smallest absolute Gasteiger partial charge is 0.371 e. The fourth-order valence-corrected chi connectivity index (χ4v) is 3.83. The van der Waals surface area contributed by atoms with Gasteiger partial charge in [-0.25, -0.2) is 9.59 Å². The molecule has 0 amide bonds. The molecule has 35 heavy (non-hydrogen) atoms. The highest BCUT2D eigenvalue weighted by molar-refractivity contribution is 14.1. The molecule has 1 atom stereocenters. The Labute approximate surface area is 208 Å². The van der Waals surface area contributed by atoms with Gasteiger partial charge in [-0.2, -0.15) is 0 Å². The maximum absolute atomic E-state index is 12.4. The standard InChI is InChI=1S/C23H15IO11/c24-10-4-16(21-13(27)7-19(23(30)31)35-17(21)5-10)33-9-11(25)8-32-14-2-1-3-15-20(14)12(26)6-18(34-15)22(28)29/h1-7,11,25H,8-9H2,(H,28,29)(H,30,31). The van der Waals surface area contributed by atoms with Gasteiger partial charge < -0.3 is 33.6 Å². The predicted molar refractivity (Wildman–Crippen MR) is 129 cm³/mol. The first-order valence-electron chi connectivity index (χ1n) is 9.88. The fraction of sp³-hybridized carbons (Fsp3) is 0.130. The Bertz CT molecular complexity index is 1580. The predicted octanol–water partition coefficient (Wildman–Crippen LogP) is 2.72. The van der Waals surface area contributed by atoms with Crippen LogP contribution in [0.1, 0.15) is 21.1 Å². The van der Waals surface area contributed by atoms with Crippen molar-refractivity contribution in [2.45, 2.75) is 6.10 Å². The average Bonchev–Trinajstić information content (AvgIpc) is 2.80. The van der Waals surface area contributed by atoms with Crippen LogP contribution in [0.5, 0.6) is 11.5 Å². The number of aliphatic hydroxyl groups excluding tert-OH is 1. The van der Waals surface area contributed by atoms with E-state index in [9.17, 15) is 24.3 Å². The van der Waals surface area contributed by atoms with Crippen LogP contribution in [0.2, 0.25) is 0 Å². The quantitative estimate of drug-likeness (QED) is 0.256. The van der Waals surface area contributed by atoms with Crippen molar-refractivity contribution in [1.29, 1.82) is 0 Å². The lowest BCUT2D eigenvalue weighted by Crippen LogP contribution is -2.25. The van der Waals surface area contributed by atoms with Crippen LogP contribution in [-0.4, -0.2) is 46.6 Å². The van der Waals surface area contributed by atoms with Gasteiger partial charge in [0.15, 0.2) is 10.9 Å². The Kier molecular flexibility index (Phi) is 6.75. The highest BCUT2D eigenvalue weighted by atomic mass is 127. The number of benzene rings is 2.